The third kappa shape index (κ3) is 3.95. The Morgan fingerprint density at radius 1 is 1.35 bits per heavy atom. The van der Waals surface area contributed by atoms with E-state index in [0.29, 0.717) is 18.2 Å². The van der Waals surface area contributed by atoms with Crippen molar-refractivity contribution in [1.82, 2.24) is 15.5 Å². The summed E-state index contributed by atoms with van der Waals surface area (Å²) in [5, 5.41) is 12.3. The van der Waals surface area contributed by atoms with Crippen molar-refractivity contribution in [2.24, 2.45) is 0 Å². The number of carbonyl (C=O) groups excluding carboxylic acids is 1. The molecule has 1 aromatic carbocycles. The fourth-order valence-electron chi connectivity index (χ4n) is 1.96. The van der Waals surface area contributed by atoms with E-state index in [1.54, 1.807) is 42.5 Å². The zero-order chi connectivity index (χ0) is 16.1. The van der Waals surface area contributed by atoms with Gasteiger partial charge in [-0.1, -0.05) is 6.07 Å². The van der Waals surface area contributed by atoms with Crippen molar-refractivity contribution in [3.63, 3.8) is 0 Å². The monoisotopic (exact) mass is 329 g/mol. The Hall–Kier alpha value is -2.67. The van der Waals surface area contributed by atoms with Crippen LogP contribution < -0.4 is 10.1 Å². The second kappa shape index (κ2) is 7.06. The molecule has 2 aromatic heterocycles. The largest absolute Gasteiger partial charge is 0.481 e. The van der Waals surface area contributed by atoms with Gasteiger partial charge < -0.3 is 14.5 Å². The van der Waals surface area contributed by atoms with Crippen LogP contribution in [0.4, 0.5) is 0 Å². The molecule has 0 aliphatic carbocycles. The number of rotatable bonds is 6. The lowest BCUT2D eigenvalue weighted by atomic mass is 10.2. The Labute approximate surface area is 137 Å². The van der Waals surface area contributed by atoms with Gasteiger partial charge in [0, 0.05) is 10.4 Å². The van der Waals surface area contributed by atoms with E-state index in [0.717, 1.165) is 10.4 Å². The summed E-state index contributed by atoms with van der Waals surface area (Å²) >= 11 is 1.61. The van der Waals surface area contributed by atoms with Crippen molar-refractivity contribution in [3.8, 4) is 17.2 Å². The molecule has 0 fully saturated rings. The number of benzene rings is 1. The summed E-state index contributed by atoms with van der Waals surface area (Å²) in [5.41, 5.74) is 0.796. The summed E-state index contributed by atoms with van der Waals surface area (Å²) in [7, 11) is 0. The Morgan fingerprint density at radius 2 is 2.17 bits per heavy atom. The molecule has 0 aliphatic heterocycles. The first kappa shape index (κ1) is 15.2. The maximum absolute atomic E-state index is 12.0. The van der Waals surface area contributed by atoms with Crippen molar-refractivity contribution < 1.29 is 13.9 Å². The van der Waals surface area contributed by atoms with Gasteiger partial charge in [-0.05, 0) is 42.6 Å². The molecule has 1 unspecified atom stereocenters. The van der Waals surface area contributed by atoms with Crippen LogP contribution in [0.3, 0.4) is 0 Å². The summed E-state index contributed by atoms with van der Waals surface area (Å²) in [4.78, 5) is 13.1. The lowest BCUT2D eigenvalue weighted by Gasteiger charge is -2.14. The van der Waals surface area contributed by atoms with Gasteiger partial charge in [0.05, 0.1) is 6.54 Å². The molecule has 0 spiro atoms. The molecule has 0 radical (unpaired) electrons. The molecule has 1 atom stereocenters. The normalized spacial score (nSPS) is 11.9. The maximum Gasteiger partial charge on any atom is 0.261 e. The Kier molecular flexibility index (Phi) is 4.68. The molecule has 0 saturated carbocycles. The predicted molar refractivity (Wildman–Crippen MR) is 86.0 cm³/mol. The van der Waals surface area contributed by atoms with Crippen molar-refractivity contribution in [3.05, 3.63) is 53.0 Å². The molecule has 3 aromatic rings. The topological polar surface area (TPSA) is 77.2 Å². The Balaban J connectivity index is 1.54. The summed E-state index contributed by atoms with van der Waals surface area (Å²) in [6, 6.07) is 11.1. The lowest BCUT2D eigenvalue weighted by Crippen LogP contribution is -2.35. The fourth-order valence-corrected chi connectivity index (χ4v) is 2.61. The molecule has 0 aliphatic rings. The van der Waals surface area contributed by atoms with Crippen LogP contribution in [0.5, 0.6) is 5.75 Å². The lowest BCUT2D eigenvalue weighted by molar-refractivity contribution is -0.127. The summed E-state index contributed by atoms with van der Waals surface area (Å²) < 4.78 is 10.8. The molecule has 7 heteroatoms. The number of carbonyl (C=O) groups is 1. The first-order chi connectivity index (χ1) is 11.2. The summed E-state index contributed by atoms with van der Waals surface area (Å²) in [6.45, 7) is 2.23. The molecule has 1 amide bonds. The molecule has 23 heavy (non-hydrogen) atoms. The molecule has 118 valence electrons. The molecular weight excluding hydrogens is 314 g/mol. The van der Waals surface area contributed by atoms with Crippen LogP contribution in [0.1, 0.15) is 11.8 Å². The number of hydrogen-bond donors (Lipinski definition) is 1. The highest BCUT2D eigenvalue weighted by atomic mass is 32.1. The number of amides is 1. The highest BCUT2D eigenvalue weighted by molar-refractivity contribution is 7.09. The number of thiophene rings is 1. The summed E-state index contributed by atoms with van der Waals surface area (Å²) in [6.07, 6.45) is 0.698. The molecule has 6 nitrogen and oxygen atoms in total. The number of nitrogens with zero attached hydrogens (tertiary/aromatic N) is 2. The zero-order valence-electron chi connectivity index (χ0n) is 12.4. The fraction of sp³-hybridized carbons (Fsp3) is 0.188. The van der Waals surface area contributed by atoms with Crippen LogP contribution in [0.25, 0.3) is 11.5 Å². The van der Waals surface area contributed by atoms with Gasteiger partial charge in [0.2, 0.25) is 12.3 Å². The van der Waals surface area contributed by atoms with E-state index >= 15 is 0 Å². The van der Waals surface area contributed by atoms with Crippen LogP contribution in [0, 0.1) is 0 Å². The highest BCUT2D eigenvalue weighted by Gasteiger charge is 2.14. The second-order valence-electron chi connectivity index (χ2n) is 4.83. The van der Waals surface area contributed by atoms with E-state index in [1.807, 2.05) is 17.5 Å². The molecule has 1 N–H and O–H groups in total. The third-order valence-electron chi connectivity index (χ3n) is 3.16. The minimum Gasteiger partial charge on any atom is -0.481 e. The van der Waals surface area contributed by atoms with E-state index in [2.05, 4.69) is 15.5 Å². The molecular formula is C16H15N3O3S. The van der Waals surface area contributed by atoms with E-state index in [-0.39, 0.29) is 5.91 Å². The average Bonchev–Trinajstić information content (AvgIpc) is 3.26. The van der Waals surface area contributed by atoms with Gasteiger partial charge in [-0.2, -0.15) is 0 Å². The number of hydrogen-bond acceptors (Lipinski definition) is 6. The zero-order valence-corrected chi connectivity index (χ0v) is 13.2. The number of nitrogens with one attached hydrogen (secondary N) is 1. The predicted octanol–water partition coefficient (Wildman–Crippen LogP) is 2.88. The first-order valence-corrected chi connectivity index (χ1v) is 7.93. The van der Waals surface area contributed by atoms with Crippen molar-refractivity contribution in [1.29, 1.82) is 0 Å². The van der Waals surface area contributed by atoms with Gasteiger partial charge in [-0.3, -0.25) is 4.79 Å². The van der Waals surface area contributed by atoms with Crippen LogP contribution in [0.15, 0.2) is 52.6 Å². The van der Waals surface area contributed by atoms with Gasteiger partial charge in [-0.25, -0.2) is 0 Å². The van der Waals surface area contributed by atoms with Gasteiger partial charge in [0.25, 0.3) is 5.91 Å². The smallest absolute Gasteiger partial charge is 0.261 e. The van der Waals surface area contributed by atoms with Crippen molar-refractivity contribution in [2.45, 2.75) is 19.6 Å². The average molecular weight is 329 g/mol. The van der Waals surface area contributed by atoms with E-state index in [1.165, 1.54) is 6.39 Å². The van der Waals surface area contributed by atoms with Crippen LogP contribution in [-0.2, 0) is 11.3 Å². The van der Waals surface area contributed by atoms with Crippen molar-refractivity contribution >= 4 is 17.2 Å². The maximum atomic E-state index is 12.0. The molecule has 3 rings (SSSR count). The van der Waals surface area contributed by atoms with Gasteiger partial charge >= 0.3 is 0 Å². The Morgan fingerprint density at radius 3 is 2.83 bits per heavy atom. The van der Waals surface area contributed by atoms with Crippen LogP contribution >= 0.6 is 11.3 Å². The number of aromatic nitrogens is 2. The highest BCUT2D eigenvalue weighted by Crippen LogP contribution is 2.21. The van der Waals surface area contributed by atoms with Gasteiger partial charge in [-0.15, -0.1) is 21.5 Å². The number of ether oxygens (including phenoxy) is 1. The minimum atomic E-state index is -0.579. The van der Waals surface area contributed by atoms with Gasteiger partial charge in [0.1, 0.15) is 5.75 Å². The summed E-state index contributed by atoms with van der Waals surface area (Å²) in [5.74, 6) is 0.893. The van der Waals surface area contributed by atoms with E-state index in [9.17, 15) is 4.79 Å². The minimum absolute atomic E-state index is 0.153. The first-order valence-electron chi connectivity index (χ1n) is 7.06. The standard InChI is InChI=1S/C16H15N3O3S/c1-11(15(20)17-9-14-3-2-8-23-14)22-13-6-4-12(5-7-13)16-19-18-10-21-16/h2-8,10-11H,9H2,1H3,(H,17,20). The Bertz CT molecular complexity index is 739. The van der Waals surface area contributed by atoms with Crippen molar-refractivity contribution in [2.75, 3.05) is 0 Å². The molecule has 0 saturated heterocycles. The van der Waals surface area contributed by atoms with Crippen LogP contribution in [-0.4, -0.2) is 22.2 Å². The second-order valence-corrected chi connectivity index (χ2v) is 5.86. The van der Waals surface area contributed by atoms with Crippen LogP contribution in [0.2, 0.25) is 0 Å². The molecule has 0 bridgehead atoms. The SMILES string of the molecule is CC(Oc1ccc(-c2nnco2)cc1)C(=O)NCc1cccs1. The van der Waals surface area contributed by atoms with E-state index in [4.69, 9.17) is 9.15 Å². The van der Waals surface area contributed by atoms with Gasteiger partial charge in [0.15, 0.2) is 6.10 Å². The molecule has 2 heterocycles. The quantitative estimate of drug-likeness (QED) is 0.752. The third-order valence-corrected chi connectivity index (χ3v) is 4.04. The van der Waals surface area contributed by atoms with E-state index < -0.39 is 6.10 Å².